The molecular weight excluding hydrogens is 274 g/mol. The molecule has 1 N–H and O–H groups in total. The van der Waals surface area contributed by atoms with E-state index in [1.807, 2.05) is 13.0 Å². The fourth-order valence-electron chi connectivity index (χ4n) is 3.28. The van der Waals surface area contributed by atoms with Crippen molar-refractivity contribution < 1.29 is 4.79 Å². The molecule has 3 rings (SSSR count). The molecule has 2 unspecified atom stereocenters. The van der Waals surface area contributed by atoms with Crippen LogP contribution in [0.1, 0.15) is 19.4 Å². The van der Waals surface area contributed by atoms with Crippen LogP contribution in [-0.2, 0) is 11.3 Å². The van der Waals surface area contributed by atoms with E-state index < -0.39 is 0 Å². The van der Waals surface area contributed by atoms with Gasteiger partial charge in [-0.15, -0.1) is 0 Å². The summed E-state index contributed by atoms with van der Waals surface area (Å²) < 4.78 is 0. The lowest BCUT2D eigenvalue weighted by molar-refractivity contribution is -0.115. The van der Waals surface area contributed by atoms with Crippen LogP contribution in [0.4, 0.5) is 0 Å². The van der Waals surface area contributed by atoms with Crippen LogP contribution in [-0.4, -0.2) is 36.3 Å². The number of amidine groups is 1. The molecule has 0 saturated carbocycles. The van der Waals surface area contributed by atoms with Crippen molar-refractivity contribution in [2.45, 2.75) is 20.4 Å². The first-order valence-corrected chi connectivity index (χ1v) is 7.90. The summed E-state index contributed by atoms with van der Waals surface area (Å²) in [6.07, 6.45) is 1.65. The second-order valence-electron chi connectivity index (χ2n) is 6.44. The average molecular weight is 297 g/mol. The Labute approximate surface area is 131 Å². The third kappa shape index (κ3) is 3.45. The van der Waals surface area contributed by atoms with Crippen LogP contribution >= 0.6 is 0 Å². The smallest absolute Gasteiger partial charge is 0.249 e. The number of aliphatic imine (C=N–C) groups is 1. The van der Waals surface area contributed by atoms with Gasteiger partial charge in [-0.25, -0.2) is 0 Å². The van der Waals surface area contributed by atoms with Crippen molar-refractivity contribution in [1.82, 2.24) is 10.2 Å². The summed E-state index contributed by atoms with van der Waals surface area (Å²) in [4.78, 5) is 18.9. The zero-order valence-electron chi connectivity index (χ0n) is 13.2. The number of carbonyl (C=O) groups is 1. The molecule has 0 bridgehead atoms. The van der Waals surface area contributed by atoms with Gasteiger partial charge in [-0.2, -0.15) is 0 Å². The summed E-state index contributed by atoms with van der Waals surface area (Å²) >= 11 is 0. The van der Waals surface area contributed by atoms with E-state index >= 15 is 0 Å². The van der Waals surface area contributed by atoms with Gasteiger partial charge in [-0.1, -0.05) is 37.3 Å². The van der Waals surface area contributed by atoms with Crippen molar-refractivity contribution in [3.05, 3.63) is 47.5 Å². The Kier molecular flexibility index (Phi) is 4.39. The minimum Gasteiger partial charge on any atom is -0.311 e. The zero-order valence-corrected chi connectivity index (χ0v) is 13.2. The second kappa shape index (κ2) is 6.44. The molecule has 1 aromatic rings. The predicted molar refractivity (Wildman–Crippen MR) is 88.6 cm³/mol. The number of hydrogen-bond acceptors (Lipinski definition) is 3. The zero-order chi connectivity index (χ0) is 15.5. The van der Waals surface area contributed by atoms with E-state index in [0.29, 0.717) is 18.4 Å². The number of nitrogens with one attached hydrogen (secondary N) is 1. The van der Waals surface area contributed by atoms with E-state index in [-0.39, 0.29) is 5.91 Å². The molecule has 1 fully saturated rings. The summed E-state index contributed by atoms with van der Waals surface area (Å²) in [6.45, 7) is 7.77. The maximum atomic E-state index is 11.9. The van der Waals surface area contributed by atoms with E-state index in [9.17, 15) is 4.79 Å². The van der Waals surface area contributed by atoms with Gasteiger partial charge in [0.1, 0.15) is 5.84 Å². The number of likely N-dealkylation sites (tertiary alicyclic amines) is 1. The van der Waals surface area contributed by atoms with Gasteiger partial charge in [0.25, 0.3) is 0 Å². The second-order valence-corrected chi connectivity index (χ2v) is 6.44. The van der Waals surface area contributed by atoms with Crippen LogP contribution in [0.2, 0.25) is 0 Å². The lowest BCUT2D eigenvalue weighted by Gasteiger charge is -2.17. The van der Waals surface area contributed by atoms with Crippen molar-refractivity contribution in [2.24, 2.45) is 16.8 Å². The van der Waals surface area contributed by atoms with Gasteiger partial charge in [-0.3, -0.25) is 14.7 Å². The fourth-order valence-corrected chi connectivity index (χ4v) is 3.28. The van der Waals surface area contributed by atoms with Crippen LogP contribution in [0.3, 0.4) is 0 Å². The molecule has 116 valence electrons. The third-order valence-electron chi connectivity index (χ3n) is 4.42. The van der Waals surface area contributed by atoms with Crippen LogP contribution < -0.4 is 5.32 Å². The fraction of sp³-hybridized carbons (Fsp3) is 0.444. The minimum atomic E-state index is -0.0394. The number of nitrogens with zero attached hydrogens (tertiary/aromatic N) is 2. The minimum absolute atomic E-state index is 0.0394. The standard InChI is InChI=1S/C18H23N3O/c1-13-8-17(22)20-18(19-9-13)16-12-21(10-14(16)2)11-15-6-4-3-5-7-15/h3-8,14,16H,9-12H2,1-2H3,(H,19,20,22). The monoisotopic (exact) mass is 297 g/mol. The molecule has 2 atom stereocenters. The number of hydrogen-bond donors (Lipinski definition) is 1. The Morgan fingerprint density at radius 1 is 1.27 bits per heavy atom. The lowest BCUT2D eigenvalue weighted by atomic mass is 9.97. The maximum Gasteiger partial charge on any atom is 0.249 e. The number of benzene rings is 1. The molecule has 0 aromatic heterocycles. The summed E-state index contributed by atoms with van der Waals surface area (Å²) in [7, 11) is 0. The SMILES string of the molecule is CC1=CC(=O)NC(C2CN(Cc3ccccc3)CC2C)=NC1. The molecule has 1 amide bonds. The van der Waals surface area contributed by atoms with Crippen LogP contribution in [0.25, 0.3) is 0 Å². The van der Waals surface area contributed by atoms with Crippen LogP contribution in [0, 0.1) is 11.8 Å². The van der Waals surface area contributed by atoms with Crippen molar-refractivity contribution in [3.8, 4) is 0 Å². The van der Waals surface area contributed by atoms with Gasteiger partial charge in [0.05, 0.1) is 6.54 Å². The molecule has 1 aromatic carbocycles. The van der Waals surface area contributed by atoms with Gasteiger partial charge in [0.2, 0.25) is 5.91 Å². The molecule has 0 aliphatic carbocycles. The highest BCUT2D eigenvalue weighted by Crippen LogP contribution is 2.25. The summed E-state index contributed by atoms with van der Waals surface area (Å²) in [5, 5.41) is 2.97. The number of rotatable bonds is 3. The maximum absolute atomic E-state index is 11.9. The van der Waals surface area contributed by atoms with E-state index in [1.165, 1.54) is 5.56 Å². The number of amides is 1. The van der Waals surface area contributed by atoms with Gasteiger partial charge in [-0.05, 0) is 24.0 Å². The lowest BCUT2D eigenvalue weighted by Crippen LogP contribution is -2.37. The highest BCUT2D eigenvalue weighted by molar-refractivity contribution is 6.05. The highest BCUT2D eigenvalue weighted by atomic mass is 16.1. The molecule has 22 heavy (non-hydrogen) atoms. The van der Waals surface area contributed by atoms with Gasteiger partial charge >= 0.3 is 0 Å². The molecule has 4 heteroatoms. The molecule has 0 radical (unpaired) electrons. The summed E-state index contributed by atoms with van der Waals surface area (Å²) in [5.74, 6) is 1.64. The highest BCUT2D eigenvalue weighted by Gasteiger charge is 2.34. The van der Waals surface area contributed by atoms with E-state index in [0.717, 1.165) is 31.0 Å². The molecule has 2 aliphatic heterocycles. The first kappa shape index (κ1) is 15.0. The molecule has 2 aliphatic rings. The van der Waals surface area contributed by atoms with Crippen molar-refractivity contribution in [2.75, 3.05) is 19.6 Å². The largest absolute Gasteiger partial charge is 0.311 e. The van der Waals surface area contributed by atoms with Crippen molar-refractivity contribution >= 4 is 11.7 Å². The Hall–Kier alpha value is -1.94. The Morgan fingerprint density at radius 3 is 2.82 bits per heavy atom. The quantitative estimate of drug-likeness (QED) is 0.930. The molecule has 4 nitrogen and oxygen atoms in total. The first-order chi connectivity index (χ1) is 10.6. The van der Waals surface area contributed by atoms with Gasteiger partial charge in [0.15, 0.2) is 0 Å². The predicted octanol–water partition coefficient (Wildman–Crippen LogP) is 2.23. The summed E-state index contributed by atoms with van der Waals surface area (Å²) in [6, 6.07) is 10.5. The third-order valence-corrected chi connectivity index (χ3v) is 4.42. The van der Waals surface area contributed by atoms with Crippen LogP contribution in [0.5, 0.6) is 0 Å². The normalized spacial score (nSPS) is 26.2. The van der Waals surface area contributed by atoms with Gasteiger partial charge in [0, 0.05) is 31.6 Å². The topological polar surface area (TPSA) is 44.7 Å². The Morgan fingerprint density at radius 2 is 2.05 bits per heavy atom. The molecule has 1 saturated heterocycles. The Bertz CT molecular complexity index is 606. The number of carbonyl (C=O) groups excluding carboxylic acids is 1. The van der Waals surface area contributed by atoms with Crippen LogP contribution in [0.15, 0.2) is 47.0 Å². The van der Waals surface area contributed by atoms with E-state index in [1.54, 1.807) is 6.08 Å². The first-order valence-electron chi connectivity index (χ1n) is 7.90. The van der Waals surface area contributed by atoms with E-state index in [4.69, 9.17) is 0 Å². The average Bonchev–Trinajstić information content (AvgIpc) is 2.75. The molecule has 0 spiro atoms. The molecular formula is C18H23N3O. The summed E-state index contributed by atoms with van der Waals surface area (Å²) in [5.41, 5.74) is 2.35. The Balaban J connectivity index is 1.67. The molecule has 2 heterocycles. The van der Waals surface area contributed by atoms with Gasteiger partial charge < -0.3 is 5.32 Å². The van der Waals surface area contributed by atoms with Crippen molar-refractivity contribution in [1.29, 1.82) is 0 Å². The van der Waals surface area contributed by atoms with E-state index in [2.05, 4.69) is 46.4 Å². The van der Waals surface area contributed by atoms with Crippen molar-refractivity contribution in [3.63, 3.8) is 0 Å².